The van der Waals surface area contributed by atoms with Crippen molar-refractivity contribution in [1.29, 1.82) is 0 Å². The molecule has 1 N–H and O–H groups in total. The maximum absolute atomic E-state index is 13.5. The SMILES string of the molecule is O=S(=O)(Nc1cccc(-c2nc3cccnc3s2)c1)c1ccc(F)c(C(F)(F)F)c1. The number of rotatable bonds is 4. The van der Waals surface area contributed by atoms with Gasteiger partial charge in [0.15, 0.2) is 0 Å². The molecule has 2 aromatic carbocycles. The van der Waals surface area contributed by atoms with Crippen LogP contribution in [0.1, 0.15) is 5.56 Å². The average Bonchev–Trinajstić information content (AvgIpc) is 3.11. The van der Waals surface area contributed by atoms with Gasteiger partial charge in [-0.05, 0) is 42.5 Å². The zero-order valence-corrected chi connectivity index (χ0v) is 16.4. The van der Waals surface area contributed by atoms with E-state index >= 15 is 0 Å². The number of pyridine rings is 1. The van der Waals surface area contributed by atoms with E-state index in [1.807, 2.05) is 0 Å². The summed E-state index contributed by atoms with van der Waals surface area (Å²) >= 11 is 1.31. The van der Waals surface area contributed by atoms with Gasteiger partial charge < -0.3 is 0 Å². The number of thiazole rings is 1. The number of aromatic nitrogens is 2. The summed E-state index contributed by atoms with van der Waals surface area (Å²) in [7, 11) is -4.38. The molecule has 5 nitrogen and oxygen atoms in total. The van der Waals surface area contributed by atoms with Gasteiger partial charge in [-0.3, -0.25) is 4.72 Å². The number of hydrogen-bond acceptors (Lipinski definition) is 5. The number of nitrogens with one attached hydrogen (secondary N) is 1. The topological polar surface area (TPSA) is 72.0 Å². The van der Waals surface area contributed by atoms with Crippen molar-refractivity contribution in [1.82, 2.24) is 9.97 Å². The zero-order chi connectivity index (χ0) is 21.5. The molecule has 4 rings (SSSR count). The molecule has 0 aliphatic carbocycles. The van der Waals surface area contributed by atoms with Gasteiger partial charge in [0.2, 0.25) is 0 Å². The van der Waals surface area contributed by atoms with Crippen molar-refractivity contribution in [3.05, 3.63) is 72.2 Å². The molecule has 0 spiro atoms. The van der Waals surface area contributed by atoms with Gasteiger partial charge in [0.1, 0.15) is 21.2 Å². The maximum atomic E-state index is 13.5. The lowest BCUT2D eigenvalue weighted by molar-refractivity contribution is -0.140. The summed E-state index contributed by atoms with van der Waals surface area (Å²) in [5, 5.41) is 0.603. The monoisotopic (exact) mass is 453 g/mol. The predicted octanol–water partition coefficient (Wildman–Crippen LogP) is 5.32. The van der Waals surface area contributed by atoms with Gasteiger partial charge in [0, 0.05) is 17.4 Å². The molecule has 0 saturated carbocycles. The van der Waals surface area contributed by atoms with Crippen molar-refractivity contribution in [2.75, 3.05) is 4.72 Å². The molecule has 0 unspecified atom stereocenters. The highest BCUT2D eigenvalue weighted by atomic mass is 32.2. The Hall–Kier alpha value is -3.05. The summed E-state index contributed by atoms with van der Waals surface area (Å²) in [5.41, 5.74) is -0.235. The number of anilines is 1. The quantitative estimate of drug-likeness (QED) is 0.425. The maximum Gasteiger partial charge on any atom is 0.419 e. The molecule has 0 atom stereocenters. The van der Waals surface area contributed by atoms with Crippen molar-refractivity contribution >= 4 is 37.4 Å². The lowest BCUT2D eigenvalue weighted by atomic mass is 10.2. The first-order valence-corrected chi connectivity index (χ1v) is 10.6. The van der Waals surface area contributed by atoms with Crippen molar-refractivity contribution in [3.8, 4) is 10.6 Å². The molecule has 0 saturated heterocycles. The van der Waals surface area contributed by atoms with Gasteiger partial charge >= 0.3 is 6.18 Å². The van der Waals surface area contributed by atoms with Gasteiger partial charge in [-0.1, -0.05) is 23.5 Å². The lowest BCUT2D eigenvalue weighted by Crippen LogP contribution is -2.15. The van der Waals surface area contributed by atoms with Crippen LogP contribution in [0.4, 0.5) is 23.2 Å². The van der Waals surface area contributed by atoms with Crippen LogP contribution in [0.15, 0.2) is 65.7 Å². The molecule has 2 aromatic heterocycles. The Balaban J connectivity index is 1.67. The molecule has 0 radical (unpaired) electrons. The minimum Gasteiger partial charge on any atom is -0.280 e. The summed E-state index contributed by atoms with van der Waals surface area (Å²) in [4.78, 5) is 8.65. The Bertz CT molecular complexity index is 1320. The molecule has 0 bridgehead atoms. The van der Waals surface area contributed by atoms with E-state index in [0.717, 1.165) is 6.07 Å². The van der Waals surface area contributed by atoms with Crippen molar-refractivity contribution in [2.24, 2.45) is 0 Å². The second-order valence-electron chi connectivity index (χ2n) is 6.17. The normalized spacial score (nSPS) is 12.3. The fourth-order valence-corrected chi connectivity index (χ4v) is 4.69. The van der Waals surface area contributed by atoms with E-state index in [0.29, 0.717) is 27.0 Å². The fraction of sp³-hybridized carbons (Fsp3) is 0.0526. The van der Waals surface area contributed by atoms with Crippen molar-refractivity contribution < 1.29 is 26.0 Å². The first-order chi connectivity index (χ1) is 14.1. The third-order valence-corrected chi connectivity index (χ3v) is 6.49. The van der Waals surface area contributed by atoms with Gasteiger partial charge in [-0.2, -0.15) is 13.2 Å². The summed E-state index contributed by atoms with van der Waals surface area (Å²) < 4.78 is 79.5. The Kier molecular flexibility index (Phi) is 4.94. The van der Waals surface area contributed by atoms with Crippen molar-refractivity contribution in [2.45, 2.75) is 11.1 Å². The van der Waals surface area contributed by atoms with Crippen LogP contribution in [-0.2, 0) is 16.2 Å². The molecule has 154 valence electrons. The van der Waals surface area contributed by atoms with E-state index in [1.165, 1.54) is 23.5 Å². The Morgan fingerprint density at radius 1 is 1.00 bits per heavy atom. The Morgan fingerprint density at radius 3 is 2.53 bits per heavy atom. The molecular weight excluding hydrogens is 442 g/mol. The Labute approximate surface area is 172 Å². The molecule has 0 aliphatic rings. The van der Waals surface area contributed by atoms with E-state index < -0.39 is 32.5 Å². The molecule has 30 heavy (non-hydrogen) atoms. The first kappa shape index (κ1) is 20.2. The average molecular weight is 453 g/mol. The molecule has 2 heterocycles. The molecule has 0 aliphatic heterocycles. The van der Waals surface area contributed by atoms with Crippen LogP contribution >= 0.6 is 11.3 Å². The number of hydrogen-bond donors (Lipinski definition) is 1. The van der Waals surface area contributed by atoms with E-state index in [1.54, 1.807) is 30.5 Å². The Morgan fingerprint density at radius 2 is 1.80 bits per heavy atom. The first-order valence-electron chi connectivity index (χ1n) is 8.35. The lowest BCUT2D eigenvalue weighted by Gasteiger charge is -2.12. The smallest absolute Gasteiger partial charge is 0.280 e. The third kappa shape index (κ3) is 3.98. The summed E-state index contributed by atoms with van der Waals surface area (Å²) in [6.07, 6.45) is -3.39. The van der Waals surface area contributed by atoms with Crippen LogP contribution in [0, 0.1) is 5.82 Å². The predicted molar refractivity (Wildman–Crippen MR) is 105 cm³/mol. The van der Waals surface area contributed by atoms with Crippen LogP contribution in [0.5, 0.6) is 0 Å². The van der Waals surface area contributed by atoms with Crippen LogP contribution in [-0.4, -0.2) is 18.4 Å². The second-order valence-corrected chi connectivity index (χ2v) is 8.83. The van der Waals surface area contributed by atoms with E-state index in [4.69, 9.17) is 0 Å². The highest BCUT2D eigenvalue weighted by Crippen LogP contribution is 2.34. The number of nitrogens with zero attached hydrogens (tertiary/aromatic N) is 2. The third-order valence-electron chi connectivity index (χ3n) is 4.08. The number of fused-ring (bicyclic) bond motifs is 1. The highest BCUT2D eigenvalue weighted by Gasteiger charge is 2.35. The molecule has 4 aromatic rings. The van der Waals surface area contributed by atoms with Crippen LogP contribution in [0.2, 0.25) is 0 Å². The minimum atomic E-state index is -5.02. The van der Waals surface area contributed by atoms with Crippen molar-refractivity contribution in [3.63, 3.8) is 0 Å². The van der Waals surface area contributed by atoms with Gasteiger partial charge in [-0.15, -0.1) is 0 Å². The van der Waals surface area contributed by atoms with Crippen LogP contribution in [0.3, 0.4) is 0 Å². The minimum absolute atomic E-state index is 0.123. The van der Waals surface area contributed by atoms with Gasteiger partial charge in [0.05, 0.1) is 10.5 Å². The van der Waals surface area contributed by atoms with E-state index in [-0.39, 0.29) is 11.8 Å². The zero-order valence-electron chi connectivity index (χ0n) is 14.8. The second kappa shape index (κ2) is 7.33. The summed E-state index contributed by atoms with van der Waals surface area (Å²) in [6, 6.07) is 11.3. The molecule has 0 fully saturated rings. The van der Waals surface area contributed by atoms with Crippen LogP contribution in [0.25, 0.3) is 20.9 Å². The number of sulfonamides is 1. The van der Waals surface area contributed by atoms with E-state index in [9.17, 15) is 26.0 Å². The van der Waals surface area contributed by atoms with Crippen LogP contribution < -0.4 is 4.72 Å². The molecule has 11 heteroatoms. The number of alkyl halides is 3. The number of halogens is 4. The standard InChI is InChI=1S/C19H11F4N3O2S2/c20-15-7-6-13(10-14(15)19(21,22)23)30(27,28)26-12-4-1-3-11(9-12)17-25-16-5-2-8-24-18(16)29-17/h1-10,26H. The van der Waals surface area contributed by atoms with Gasteiger partial charge in [-0.25, -0.2) is 22.8 Å². The molecular formula is C19H11F4N3O2S2. The summed E-state index contributed by atoms with van der Waals surface area (Å²) in [6.45, 7) is 0. The van der Waals surface area contributed by atoms with E-state index in [2.05, 4.69) is 14.7 Å². The molecule has 0 amide bonds. The van der Waals surface area contributed by atoms with Gasteiger partial charge in [0.25, 0.3) is 10.0 Å². The fourth-order valence-electron chi connectivity index (χ4n) is 2.71. The number of benzene rings is 2. The largest absolute Gasteiger partial charge is 0.419 e. The highest BCUT2D eigenvalue weighted by molar-refractivity contribution is 7.92. The summed E-state index contributed by atoms with van der Waals surface area (Å²) in [5.74, 6) is -1.55.